The maximum absolute atomic E-state index is 11.5. The molecule has 0 fully saturated rings. The van der Waals surface area contributed by atoms with Crippen LogP contribution in [-0.4, -0.2) is 74.3 Å². The largest absolute Gasteiger partial charge is 0.445 e. The molecule has 128 valence electrons. The Labute approximate surface area is 134 Å². The van der Waals surface area contributed by atoms with Gasteiger partial charge in [0.15, 0.2) is 0 Å². The molecule has 0 aromatic rings. The lowest BCUT2D eigenvalue weighted by atomic mass is 10.5. The lowest BCUT2D eigenvalue weighted by Gasteiger charge is -2.17. The second kappa shape index (κ2) is 10.8. The summed E-state index contributed by atoms with van der Waals surface area (Å²) in [5.74, 6) is -1.91. The third-order valence-electron chi connectivity index (χ3n) is 2.23. The zero-order valence-electron chi connectivity index (χ0n) is 13.1. The van der Waals surface area contributed by atoms with E-state index in [0.717, 1.165) is 9.80 Å². The third-order valence-corrected chi connectivity index (χ3v) is 2.23. The van der Waals surface area contributed by atoms with Crippen LogP contribution in [0.1, 0.15) is 0 Å². The first kappa shape index (κ1) is 20.2. The first-order chi connectivity index (χ1) is 10.8. The highest BCUT2D eigenvalue weighted by atomic mass is 16.6. The van der Waals surface area contributed by atoms with E-state index >= 15 is 0 Å². The Hall–Kier alpha value is -2.84. The predicted octanol–water partition coefficient (Wildman–Crippen LogP) is 0.565. The van der Waals surface area contributed by atoms with Gasteiger partial charge in [-0.15, -0.1) is 0 Å². The minimum absolute atomic E-state index is 0.00519. The molecule has 0 radical (unpaired) electrons. The molecular weight excluding hydrogens is 308 g/mol. The smallest absolute Gasteiger partial charge is 0.410 e. The van der Waals surface area contributed by atoms with Gasteiger partial charge >= 0.3 is 24.1 Å². The monoisotopic (exact) mass is 328 g/mol. The molecule has 0 N–H and O–H groups in total. The SMILES string of the molecule is C=CCOC(=O)N(C)CC(=O)OC(=O)CN(C)C(=O)OCC=C. The Bertz CT molecular complexity index is 434. The fourth-order valence-corrected chi connectivity index (χ4v) is 1.19. The second-order valence-electron chi connectivity index (χ2n) is 4.29. The van der Waals surface area contributed by atoms with Gasteiger partial charge in [0.2, 0.25) is 0 Å². The number of carbonyl (C=O) groups is 4. The zero-order chi connectivity index (χ0) is 17.8. The standard InChI is InChI=1S/C14H20N2O7/c1-5-7-21-13(19)15(3)9-11(17)23-12(18)10-16(4)14(20)22-8-6-2/h5-6H,1-2,7-10H2,3-4H3. The van der Waals surface area contributed by atoms with Crippen molar-refractivity contribution in [3.8, 4) is 0 Å². The summed E-state index contributed by atoms with van der Waals surface area (Å²) in [5.41, 5.74) is 0. The topological polar surface area (TPSA) is 102 Å². The van der Waals surface area contributed by atoms with Crippen LogP contribution in [-0.2, 0) is 23.8 Å². The summed E-state index contributed by atoms with van der Waals surface area (Å²) in [6.07, 6.45) is 1.21. The summed E-state index contributed by atoms with van der Waals surface area (Å²) in [4.78, 5) is 47.6. The highest BCUT2D eigenvalue weighted by molar-refractivity contribution is 5.90. The molecule has 0 bridgehead atoms. The van der Waals surface area contributed by atoms with Gasteiger partial charge in [0, 0.05) is 14.1 Å². The van der Waals surface area contributed by atoms with Gasteiger partial charge in [0.1, 0.15) is 26.3 Å². The number of amides is 2. The number of carbonyl (C=O) groups excluding carboxylic acids is 4. The zero-order valence-corrected chi connectivity index (χ0v) is 13.1. The minimum atomic E-state index is -0.957. The summed E-state index contributed by atoms with van der Waals surface area (Å²) in [5, 5.41) is 0. The Kier molecular flexibility index (Phi) is 9.49. The molecule has 23 heavy (non-hydrogen) atoms. The van der Waals surface area contributed by atoms with Crippen molar-refractivity contribution in [1.29, 1.82) is 0 Å². The van der Waals surface area contributed by atoms with Crippen molar-refractivity contribution in [3.63, 3.8) is 0 Å². The number of hydrogen-bond acceptors (Lipinski definition) is 7. The minimum Gasteiger partial charge on any atom is -0.445 e. The van der Waals surface area contributed by atoms with Crippen LogP contribution < -0.4 is 0 Å². The Balaban J connectivity index is 4.21. The van der Waals surface area contributed by atoms with Crippen LogP contribution >= 0.6 is 0 Å². The lowest BCUT2D eigenvalue weighted by Crippen LogP contribution is -2.37. The number of hydrogen-bond donors (Lipinski definition) is 0. The molecule has 0 aromatic carbocycles. The molecule has 0 saturated heterocycles. The van der Waals surface area contributed by atoms with Crippen LogP contribution in [0.2, 0.25) is 0 Å². The summed E-state index contributed by atoms with van der Waals surface area (Å²) in [6, 6.07) is 0. The van der Waals surface area contributed by atoms with Gasteiger partial charge in [-0.2, -0.15) is 0 Å². The van der Waals surface area contributed by atoms with Crippen molar-refractivity contribution in [1.82, 2.24) is 9.80 Å². The van der Waals surface area contributed by atoms with Gasteiger partial charge in [-0.1, -0.05) is 25.3 Å². The average Bonchev–Trinajstić information content (AvgIpc) is 2.49. The highest BCUT2D eigenvalue weighted by Gasteiger charge is 2.20. The van der Waals surface area contributed by atoms with E-state index in [-0.39, 0.29) is 13.2 Å². The molecule has 0 aromatic heterocycles. The Morgan fingerprint density at radius 1 is 0.826 bits per heavy atom. The average molecular weight is 328 g/mol. The number of esters is 2. The van der Waals surface area contributed by atoms with Gasteiger partial charge < -0.3 is 24.0 Å². The van der Waals surface area contributed by atoms with Gasteiger partial charge in [-0.3, -0.25) is 0 Å². The maximum atomic E-state index is 11.5. The van der Waals surface area contributed by atoms with E-state index in [1.807, 2.05) is 0 Å². The van der Waals surface area contributed by atoms with E-state index in [4.69, 9.17) is 9.47 Å². The summed E-state index contributed by atoms with van der Waals surface area (Å²) in [6.45, 7) is 5.78. The van der Waals surface area contributed by atoms with E-state index in [2.05, 4.69) is 17.9 Å². The number of ether oxygens (including phenoxy) is 3. The van der Waals surface area contributed by atoms with Crippen LogP contribution in [0.5, 0.6) is 0 Å². The molecule has 0 atom stereocenters. The molecule has 0 saturated carbocycles. The molecule has 0 heterocycles. The normalized spacial score (nSPS) is 9.30. The van der Waals surface area contributed by atoms with E-state index < -0.39 is 37.2 Å². The lowest BCUT2D eigenvalue weighted by molar-refractivity contribution is -0.160. The summed E-state index contributed by atoms with van der Waals surface area (Å²) < 4.78 is 13.9. The first-order valence-corrected chi connectivity index (χ1v) is 6.52. The summed E-state index contributed by atoms with van der Waals surface area (Å²) in [7, 11) is 2.60. The second-order valence-corrected chi connectivity index (χ2v) is 4.29. The summed E-state index contributed by atoms with van der Waals surface area (Å²) >= 11 is 0. The van der Waals surface area contributed by atoms with Crippen LogP contribution in [0.25, 0.3) is 0 Å². The molecule has 0 rings (SSSR count). The molecule has 0 aliphatic carbocycles. The highest BCUT2D eigenvalue weighted by Crippen LogP contribution is 1.95. The fourth-order valence-electron chi connectivity index (χ4n) is 1.19. The predicted molar refractivity (Wildman–Crippen MR) is 79.4 cm³/mol. The number of rotatable bonds is 8. The van der Waals surface area contributed by atoms with Gasteiger partial charge in [-0.05, 0) is 0 Å². The van der Waals surface area contributed by atoms with E-state index in [9.17, 15) is 19.2 Å². The molecule has 9 nitrogen and oxygen atoms in total. The van der Waals surface area contributed by atoms with Crippen molar-refractivity contribution >= 4 is 24.1 Å². The van der Waals surface area contributed by atoms with Crippen LogP contribution in [0, 0.1) is 0 Å². The van der Waals surface area contributed by atoms with Gasteiger partial charge in [-0.25, -0.2) is 19.2 Å². The molecule has 0 unspecified atom stereocenters. The van der Waals surface area contributed by atoms with Crippen molar-refractivity contribution in [2.45, 2.75) is 0 Å². The maximum Gasteiger partial charge on any atom is 0.410 e. The molecular formula is C14H20N2O7. The van der Waals surface area contributed by atoms with Crippen LogP contribution in [0.3, 0.4) is 0 Å². The van der Waals surface area contributed by atoms with Crippen molar-refractivity contribution in [2.75, 3.05) is 40.4 Å². The molecule has 9 heteroatoms. The first-order valence-electron chi connectivity index (χ1n) is 6.52. The van der Waals surface area contributed by atoms with E-state index in [0.29, 0.717) is 0 Å². The third kappa shape index (κ3) is 8.91. The number of likely N-dealkylation sites (N-methyl/N-ethyl adjacent to an activating group) is 2. The van der Waals surface area contributed by atoms with Crippen molar-refractivity contribution in [2.24, 2.45) is 0 Å². The van der Waals surface area contributed by atoms with Crippen molar-refractivity contribution < 1.29 is 33.4 Å². The van der Waals surface area contributed by atoms with E-state index in [1.165, 1.54) is 26.2 Å². The van der Waals surface area contributed by atoms with E-state index in [1.54, 1.807) is 0 Å². The van der Waals surface area contributed by atoms with Crippen LogP contribution in [0.4, 0.5) is 9.59 Å². The Morgan fingerprint density at radius 3 is 1.48 bits per heavy atom. The quantitative estimate of drug-likeness (QED) is 0.278. The number of nitrogens with zero attached hydrogens (tertiary/aromatic N) is 2. The fraction of sp³-hybridized carbons (Fsp3) is 0.429. The van der Waals surface area contributed by atoms with Gasteiger partial charge in [0.05, 0.1) is 0 Å². The molecule has 0 aliphatic rings. The van der Waals surface area contributed by atoms with Crippen molar-refractivity contribution in [3.05, 3.63) is 25.3 Å². The van der Waals surface area contributed by atoms with Gasteiger partial charge in [0.25, 0.3) is 0 Å². The Morgan fingerprint density at radius 2 is 1.17 bits per heavy atom. The molecule has 2 amide bonds. The molecule has 0 spiro atoms. The molecule has 0 aliphatic heterocycles. The van der Waals surface area contributed by atoms with Crippen LogP contribution in [0.15, 0.2) is 25.3 Å².